The molecule has 1 aliphatic heterocycles. The van der Waals surface area contributed by atoms with Gasteiger partial charge in [0.1, 0.15) is 12.4 Å². The van der Waals surface area contributed by atoms with Gasteiger partial charge in [-0.1, -0.05) is 6.07 Å². The van der Waals surface area contributed by atoms with Crippen molar-refractivity contribution in [2.24, 2.45) is 5.92 Å². The fraction of sp³-hybridized carbons (Fsp3) is 0.625. The number of nitrogens with one attached hydrogen (secondary N) is 1. The third-order valence-electron chi connectivity index (χ3n) is 3.87. The van der Waals surface area contributed by atoms with Gasteiger partial charge in [0.15, 0.2) is 0 Å². The highest BCUT2D eigenvalue weighted by Crippen LogP contribution is 2.35. The average Bonchev–Trinajstić information content (AvgIpc) is 2.88. The third-order valence-corrected chi connectivity index (χ3v) is 4.49. The summed E-state index contributed by atoms with van der Waals surface area (Å²) >= 11 is 3.59. The van der Waals surface area contributed by atoms with Crippen LogP contribution in [-0.2, 0) is 9.47 Å². The van der Waals surface area contributed by atoms with Crippen LogP contribution in [0, 0.1) is 5.92 Å². The Morgan fingerprint density at radius 3 is 2.81 bits per heavy atom. The summed E-state index contributed by atoms with van der Waals surface area (Å²) in [5.74, 6) is 1.36. The lowest BCUT2D eigenvalue weighted by atomic mass is 9.91. The van der Waals surface area contributed by atoms with Gasteiger partial charge in [0.05, 0.1) is 23.8 Å². The Labute approximate surface area is 135 Å². The van der Waals surface area contributed by atoms with E-state index in [0.717, 1.165) is 23.2 Å². The van der Waals surface area contributed by atoms with E-state index in [1.807, 2.05) is 13.1 Å². The van der Waals surface area contributed by atoms with Crippen LogP contribution < -0.4 is 10.1 Å². The molecule has 0 aromatic heterocycles. The van der Waals surface area contributed by atoms with E-state index in [-0.39, 0.29) is 0 Å². The van der Waals surface area contributed by atoms with Gasteiger partial charge in [-0.2, -0.15) is 0 Å². The standard InChI is InChI=1S/C16H24BrNO3/c1-11-8-13(10-21-11)16(18-2)12-4-5-15(14(17)9-12)20-7-6-19-3/h4-5,9,11,13,16,18H,6-8,10H2,1-3H3. The molecule has 1 fully saturated rings. The number of benzene rings is 1. The predicted molar refractivity (Wildman–Crippen MR) is 86.8 cm³/mol. The minimum atomic E-state index is 0.305. The van der Waals surface area contributed by atoms with Crippen molar-refractivity contribution in [1.29, 1.82) is 0 Å². The van der Waals surface area contributed by atoms with Crippen LogP contribution in [0.25, 0.3) is 0 Å². The number of hydrogen-bond donors (Lipinski definition) is 1. The summed E-state index contributed by atoms with van der Waals surface area (Å²) in [5.41, 5.74) is 1.26. The van der Waals surface area contributed by atoms with E-state index in [2.05, 4.69) is 40.3 Å². The van der Waals surface area contributed by atoms with E-state index in [1.165, 1.54) is 5.56 Å². The lowest BCUT2D eigenvalue weighted by Crippen LogP contribution is -2.25. The molecule has 21 heavy (non-hydrogen) atoms. The zero-order valence-electron chi connectivity index (χ0n) is 12.9. The van der Waals surface area contributed by atoms with Crippen LogP contribution >= 0.6 is 15.9 Å². The topological polar surface area (TPSA) is 39.7 Å². The Kier molecular flexibility index (Phi) is 6.48. The molecule has 0 spiro atoms. The van der Waals surface area contributed by atoms with Crippen molar-refractivity contribution in [2.45, 2.75) is 25.5 Å². The third kappa shape index (κ3) is 4.42. The summed E-state index contributed by atoms with van der Waals surface area (Å²) in [6, 6.07) is 6.57. The summed E-state index contributed by atoms with van der Waals surface area (Å²) in [7, 11) is 3.67. The van der Waals surface area contributed by atoms with E-state index in [9.17, 15) is 0 Å². The van der Waals surface area contributed by atoms with Gasteiger partial charge in [0.2, 0.25) is 0 Å². The Bertz CT molecular complexity index is 455. The monoisotopic (exact) mass is 357 g/mol. The summed E-state index contributed by atoms with van der Waals surface area (Å²) in [6.45, 7) is 4.09. The molecule has 0 aliphatic carbocycles. The Balaban J connectivity index is 2.06. The maximum absolute atomic E-state index is 5.70. The molecule has 1 aliphatic rings. The van der Waals surface area contributed by atoms with Crippen LogP contribution in [0.2, 0.25) is 0 Å². The van der Waals surface area contributed by atoms with Gasteiger partial charge in [0.25, 0.3) is 0 Å². The van der Waals surface area contributed by atoms with Crippen molar-refractivity contribution in [3.05, 3.63) is 28.2 Å². The summed E-state index contributed by atoms with van der Waals surface area (Å²) < 4.78 is 17.3. The van der Waals surface area contributed by atoms with E-state index in [4.69, 9.17) is 14.2 Å². The van der Waals surface area contributed by atoms with E-state index < -0.39 is 0 Å². The molecule has 5 heteroatoms. The Morgan fingerprint density at radius 2 is 2.24 bits per heavy atom. The van der Waals surface area contributed by atoms with Crippen molar-refractivity contribution in [2.75, 3.05) is 34.0 Å². The SMILES string of the molecule is CNC(c1ccc(OCCOC)c(Br)c1)C1COC(C)C1. The molecule has 2 rings (SSSR count). The molecular formula is C16H24BrNO3. The number of ether oxygens (including phenoxy) is 3. The van der Waals surface area contributed by atoms with Gasteiger partial charge < -0.3 is 19.5 Å². The molecule has 1 saturated heterocycles. The second-order valence-corrected chi connectivity index (χ2v) is 6.29. The number of methoxy groups -OCH3 is 1. The quantitative estimate of drug-likeness (QED) is 0.760. The van der Waals surface area contributed by atoms with Crippen molar-refractivity contribution in [3.8, 4) is 5.75 Å². The zero-order chi connectivity index (χ0) is 15.2. The van der Waals surface area contributed by atoms with Gasteiger partial charge in [0, 0.05) is 19.1 Å². The number of halogens is 1. The molecule has 0 amide bonds. The van der Waals surface area contributed by atoms with Gasteiger partial charge in [-0.25, -0.2) is 0 Å². The number of rotatable bonds is 7. The Morgan fingerprint density at radius 1 is 1.43 bits per heavy atom. The minimum absolute atomic E-state index is 0.305. The van der Waals surface area contributed by atoms with Gasteiger partial charge in [-0.3, -0.25) is 0 Å². The zero-order valence-corrected chi connectivity index (χ0v) is 14.5. The maximum atomic E-state index is 5.70. The van der Waals surface area contributed by atoms with Crippen molar-refractivity contribution >= 4 is 15.9 Å². The highest BCUT2D eigenvalue weighted by molar-refractivity contribution is 9.10. The molecule has 118 valence electrons. The van der Waals surface area contributed by atoms with E-state index in [0.29, 0.717) is 31.3 Å². The molecule has 1 heterocycles. The fourth-order valence-electron chi connectivity index (χ4n) is 2.82. The van der Waals surface area contributed by atoms with Gasteiger partial charge >= 0.3 is 0 Å². The molecule has 1 N–H and O–H groups in total. The van der Waals surface area contributed by atoms with Crippen LogP contribution in [-0.4, -0.2) is 40.1 Å². The van der Waals surface area contributed by atoms with Crippen molar-refractivity contribution < 1.29 is 14.2 Å². The lowest BCUT2D eigenvalue weighted by Gasteiger charge is -2.23. The fourth-order valence-corrected chi connectivity index (χ4v) is 3.33. The molecule has 0 saturated carbocycles. The smallest absolute Gasteiger partial charge is 0.133 e. The first-order valence-electron chi connectivity index (χ1n) is 7.35. The van der Waals surface area contributed by atoms with Crippen LogP contribution in [0.3, 0.4) is 0 Å². The first kappa shape index (κ1) is 16.7. The maximum Gasteiger partial charge on any atom is 0.133 e. The molecule has 0 bridgehead atoms. The van der Waals surface area contributed by atoms with Crippen LogP contribution in [0.4, 0.5) is 0 Å². The van der Waals surface area contributed by atoms with Crippen LogP contribution in [0.15, 0.2) is 22.7 Å². The molecule has 0 radical (unpaired) electrons. The lowest BCUT2D eigenvalue weighted by molar-refractivity contribution is 0.117. The molecule has 4 nitrogen and oxygen atoms in total. The largest absolute Gasteiger partial charge is 0.490 e. The summed E-state index contributed by atoms with van der Waals surface area (Å²) in [6.07, 6.45) is 1.45. The van der Waals surface area contributed by atoms with Crippen molar-refractivity contribution in [3.63, 3.8) is 0 Å². The van der Waals surface area contributed by atoms with Crippen LogP contribution in [0.1, 0.15) is 24.9 Å². The highest BCUT2D eigenvalue weighted by Gasteiger charge is 2.29. The normalized spacial score (nSPS) is 23.2. The molecule has 1 aromatic carbocycles. The minimum Gasteiger partial charge on any atom is -0.490 e. The summed E-state index contributed by atoms with van der Waals surface area (Å²) in [4.78, 5) is 0. The first-order valence-corrected chi connectivity index (χ1v) is 8.15. The second kappa shape index (κ2) is 8.13. The Hall–Kier alpha value is -0.620. The predicted octanol–water partition coefficient (Wildman–Crippen LogP) is 3.16. The van der Waals surface area contributed by atoms with E-state index in [1.54, 1.807) is 7.11 Å². The first-order chi connectivity index (χ1) is 10.2. The van der Waals surface area contributed by atoms with Crippen LogP contribution in [0.5, 0.6) is 5.75 Å². The molecule has 3 unspecified atom stereocenters. The van der Waals surface area contributed by atoms with Gasteiger partial charge in [-0.15, -0.1) is 0 Å². The summed E-state index contributed by atoms with van der Waals surface area (Å²) in [5, 5.41) is 3.42. The van der Waals surface area contributed by atoms with Gasteiger partial charge in [-0.05, 0) is 54.0 Å². The molecule has 1 aromatic rings. The second-order valence-electron chi connectivity index (χ2n) is 5.44. The molecular weight excluding hydrogens is 334 g/mol. The van der Waals surface area contributed by atoms with E-state index >= 15 is 0 Å². The average molecular weight is 358 g/mol. The molecule has 3 atom stereocenters. The number of hydrogen-bond acceptors (Lipinski definition) is 4. The highest BCUT2D eigenvalue weighted by atomic mass is 79.9. The van der Waals surface area contributed by atoms with Crippen molar-refractivity contribution in [1.82, 2.24) is 5.32 Å².